The van der Waals surface area contributed by atoms with Crippen molar-refractivity contribution in [2.24, 2.45) is 0 Å². The third kappa shape index (κ3) is 4.73. The molecule has 2 aromatic carbocycles. The lowest BCUT2D eigenvalue weighted by molar-refractivity contribution is -0.119. The molecule has 0 saturated carbocycles. The maximum absolute atomic E-state index is 11.9. The van der Waals surface area contributed by atoms with Gasteiger partial charge in [0.05, 0.1) is 10.6 Å². The number of hydrogen-bond donors (Lipinski definition) is 2. The van der Waals surface area contributed by atoms with Crippen molar-refractivity contribution in [3.05, 3.63) is 45.5 Å². The Kier molecular flexibility index (Phi) is 5.95. The quantitative estimate of drug-likeness (QED) is 0.469. The van der Waals surface area contributed by atoms with Gasteiger partial charge < -0.3 is 15.8 Å². The minimum absolute atomic E-state index is 0.0562. The van der Waals surface area contributed by atoms with Gasteiger partial charge in [-0.15, -0.1) is 0 Å². The number of sulfone groups is 1. The zero-order valence-corrected chi connectivity index (χ0v) is 17.8. The van der Waals surface area contributed by atoms with Gasteiger partial charge in [-0.3, -0.25) is 4.79 Å². The normalized spacial score (nSPS) is 17.0. The maximum Gasteiger partial charge on any atom is 0.220 e. The Balaban J connectivity index is 1.85. The Morgan fingerprint density at radius 1 is 1.26 bits per heavy atom. The Morgan fingerprint density at radius 3 is 2.56 bits per heavy atom. The summed E-state index contributed by atoms with van der Waals surface area (Å²) in [5.74, 6) is 1.32. The largest absolute Gasteiger partial charge is 0.457 e. The average molecular weight is 500 g/mol. The number of benzene rings is 2. The molecule has 2 aromatic rings. The van der Waals surface area contributed by atoms with E-state index in [2.05, 4.69) is 27.9 Å². The highest BCUT2D eigenvalue weighted by Crippen LogP contribution is 2.32. The van der Waals surface area contributed by atoms with Crippen LogP contribution in [-0.4, -0.2) is 26.1 Å². The van der Waals surface area contributed by atoms with Gasteiger partial charge in [0.2, 0.25) is 5.91 Å². The summed E-state index contributed by atoms with van der Waals surface area (Å²) >= 11 is 2.14. The smallest absolute Gasteiger partial charge is 0.220 e. The molecule has 1 unspecified atom stereocenters. The van der Waals surface area contributed by atoms with Gasteiger partial charge in [-0.25, -0.2) is 8.42 Å². The molecule has 1 aliphatic heterocycles. The van der Waals surface area contributed by atoms with E-state index in [0.29, 0.717) is 30.0 Å². The molecule has 0 radical (unpaired) electrons. The van der Waals surface area contributed by atoms with Crippen molar-refractivity contribution in [3.63, 3.8) is 0 Å². The Bertz CT molecular complexity index is 958. The number of nitrogens with two attached hydrogens (primary N) is 1. The lowest BCUT2D eigenvalue weighted by Crippen LogP contribution is -2.27. The van der Waals surface area contributed by atoms with E-state index < -0.39 is 9.84 Å². The minimum Gasteiger partial charge on any atom is -0.457 e. The van der Waals surface area contributed by atoms with E-state index in [4.69, 9.17) is 10.5 Å². The molecule has 1 atom stereocenters. The number of nitrogen functional groups attached to an aromatic ring is 1. The highest BCUT2D eigenvalue weighted by Gasteiger charge is 2.23. The minimum atomic E-state index is -3.24. The third-order valence-corrected chi connectivity index (χ3v) is 7.21. The molecule has 8 heteroatoms. The molecule has 1 aliphatic rings. The number of rotatable bonds is 6. The third-order valence-electron chi connectivity index (χ3n) is 4.52. The van der Waals surface area contributed by atoms with E-state index in [1.54, 1.807) is 31.2 Å². The van der Waals surface area contributed by atoms with Crippen LogP contribution >= 0.6 is 22.6 Å². The maximum atomic E-state index is 11.9. The van der Waals surface area contributed by atoms with E-state index in [1.165, 1.54) is 0 Å². The molecule has 0 aromatic heterocycles. The van der Waals surface area contributed by atoms with Crippen LogP contribution in [-0.2, 0) is 21.1 Å². The molecule has 3 N–H and O–H groups in total. The molecule has 1 heterocycles. The molecule has 0 aliphatic carbocycles. The lowest BCUT2D eigenvalue weighted by Gasteiger charge is -2.16. The zero-order chi connectivity index (χ0) is 19.6. The van der Waals surface area contributed by atoms with Crippen LogP contribution in [0.1, 0.15) is 25.3 Å². The summed E-state index contributed by atoms with van der Waals surface area (Å²) in [6.07, 6.45) is 1.95. The van der Waals surface area contributed by atoms with E-state index in [1.807, 2.05) is 12.1 Å². The average Bonchev–Trinajstić information content (AvgIpc) is 3.04. The summed E-state index contributed by atoms with van der Waals surface area (Å²) in [4.78, 5) is 11.7. The fourth-order valence-corrected chi connectivity index (χ4v) is 4.30. The molecule has 27 heavy (non-hydrogen) atoms. The summed E-state index contributed by atoms with van der Waals surface area (Å²) in [5.41, 5.74) is 7.62. The summed E-state index contributed by atoms with van der Waals surface area (Å²) in [6.45, 7) is 1.62. The van der Waals surface area contributed by atoms with E-state index >= 15 is 0 Å². The van der Waals surface area contributed by atoms with Crippen molar-refractivity contribution in [1.29, 1.82) is 0 Å². The van der Waals surface area contributed by atoms with Gasteiger partial charge in [-0.2, -0.15) is 0 Å². The van der Waals surface area contributed by atoms with Crippen molar-refractivity contribution < 1.29 is 17.9 Å². The monoisotopic (exact) mass is 500 g/mol. The predicted molar refractivity (Wildman–Crippen MR) is 113 cm³/mol. The number of carbonyl (C=O) groups is 1. The van der Waals surface area contributed by atoms with Crippen LogP contribution in [0, 0.1) is 3.57 Å². The molecule has 144 valence electrons. The van der Waals surface area contributed by atoms with Gasteiger partial charge >= 0.3 is 0 Å². The van der Waals surface area contributed by atoms with Crippen LogP contribution in [0.4, 0.5) is 5.69 Å². The van der Waals surface area contributed by atoms with Gasteiger partial charge in [-0.05, 0) is 77.4 Å². The number of hydrogen-bond acceptors (Lipinski definition) is 5. The van der Waals surface area contributed by atoms with E-state index in [-0.39, 0.29) is 22.6 Å². The van der Waals surface area contributed by atoms with Gasteiger partial charge in [0, 0.05) is 21.7 Å². The Morgan fingerprint density at radius 2 is 1.96 bits per heavy atom. The van der Waals surface area contributed by atoms with Crippen molar-refractivity contribution in [2.45, 2.75) is 37.1 Å². The molecule has 0 bridgehead atoms. The first-order chi connectivity index (χ1) is 12.8. The molecule has 1 amide bonds. The summed E-state index contributed by atoms with van der Waals surface area (Å²) in [7, 11) is -3.24. The highest BCUT2D eigenvalue weighted by molar-refractivity contribution is 14.1. The van der Waals surface area contributed by atoms with Gasteiger partial charge in [0.25, 0.3) is 0 Å². The summed E-state index contributed by atoms with van der Waals surface area (Å²) in [6, 6.07) is 10.2. The molecular weight excluding hydrogens is 479 g/mol. The fourth-order valence-electron chi connectivity index (χ4n) is 2.98. The first kappa shape index (κ1) is 19.9. The first-order valence-corrected chi connectivity index (χ1v) is 11.4. The number of anilines is 1. The van der Waals surface area contributed by atoms with Gasteiger partial charge in [-0.1, -0.05) is 6.92 Å². The van der Waals surface area contributed by atoms with Crippen LogP contribution in [0.5, 0.6) is 11.5 Å². The van der Waals surface area contributed by atoms with Crippen LogP contribution in [0.25, 0.3) is 0 Å². The second-order valence-corrected chi connectivity index (χ2v) is 9.91. The Labute approximate surface area is 172 Å². The highest BCUT2D eigenvalue weighted by atomic mass is 127. The van der Waals surface area contributed by atoms with Gasteiger partial charge in [0.1, 0.15) is 11.5 Å². The van der Waals surface area contributed by atoms with Crippen molar-refractivity contribution in [1.82, 2.24) is 5.32 Å². The van der Waals surface area contributed by atoms with Crippen LogP contribution in [0.2, 0.25) is 0 Å². The number of halogens is 1. The molecule has 1 saturated heterocycles. The fraction of sp³-hybridized carbons (Fsp3) is 0.316. The van der Waals surface area contributed by atoms with Crippen molar-refractivity contribution in [3.8, 4) is 11.5 Å². The number of carbonyl (C=O) groups excluding carboxylic acids is 1. The van der Waals surface area contributed by atoms with Crippen molar-refractivity contribution >= 4 is 44.0 Å². The van der Waals surface area contributed by atoms with Crippen molar-refractivity contribution in [2.75, 3.05) is 11.5 Å². The molecule has 1 fully saturated rings. The summed E-state index contributed by atoms with van der Waals surface area (Å²) in [5, 5.41) is 2.95. The number of ether oxygens (including phenoxy) is 1. The number of amides is 1. The molecule has 0 spiro atoms. The topological polar surface area (TPSA) is 98.5 Å². The van der Waals surface area contributed by atoms with Gasteiger partial charge in [0.15, 0.2) is 9.84 Å². The predicted octanol–water partition coefficient (Wildman–Crippen LogP) is 3.28. The molecule has 3 rings (SSSR count). The summed E-state index contributed by atoms with van der Waals surface area (Å²) < 4.78 is 30.8. The standard InChI is InChI=1S/C19H21IN2O4S/c1-2-27(24,25)15-6-4-14(5-7-15)26-18-11-16(20)17(21)10-12(18)9-13-3-8-19(23)22-13/h4-7,10-11,13H,2-3,8-9,21H2,1H3,(H,22,23). The van der Waals surface area contributed by atoms with Crippen LogP contribution in [0.15, 0.2) is 41.3 Å². The van der Waals surface area contributed by atoms with Crippen LogP contribution in [0.3, 0.4) is 0 Å². The second kappa shape index (κ2) is 8.05. The number of nitrogens with one attached hydrogen (secondary N) is 1. The molecular formula is C19H21IN2O4S. The van der Waals surface area contributed by atoms with E-state index in [0.717, 1.165) is 15.6 Å². The van der Waals surface area contributed by atoms with Crippen LogP contribution < -0.4 is 15.8 Å². The first-order valence-electron chi connectivity index (χ1n) is 8.66. The molecule has 6 nitrogen and oxygen atoms in total. The zero-order valence-electron chi connectivity index (χ0n) is 14.9. The van der Waals surface area contributed by atoms with E-state index in [9.17, 15) is 13.2 Å². The lowest BCUT2D eigenvalue weighted by atomic mass is 10.0. The second-order valence-electron chi connectivity index (χ2n) is 6.47. The Hall–Kier alpha value is -1.81. The SMILES string of the molecule is CCS(=O)(=O)c1ccc(Oc2cc(I)c(N)cc2CC2CCC(=O)N2)cc1.